The van der Waals surface area contributed by atoms with E-state index in [1.807, 2.05) is 37.8 Å². The number of pyridine rings is 1. The highest BCUT2D eigenvalue weighted by molar-refractivity contribution is 5.79. The summed E-state index contributed by atoms with van der Waals surface area (Å²) >= 11 is 0. The molecular weight excluding hydrogens is 216 g/mol. The molecule has 1 rings (SSSR count). The monoisotopic (exact) mass is 236 g/mol. The van der Waals surface area contributed by atoms with Crippen LogP contribution in [0.25, 0.3) is 0 Å². The molecule has 1 heterocycles. The van der Waals surface area contributed by atoms with Crippen LogP contribution in [0, 0.1) is 0 Å². The van der Waals surface area contributed by atoms with Crippen LogP contribution in [0.4, 0.5) is 11.5 Å². The van der Waals surface area contributed by atoms with Crippen LogP contribution >= 0.6 is 0 Å². The molecule has 5 nitrogen and oxygen atoms in total. The zero-order valence-corrected chi connectivity index (χ0v) is 10.6. The molecule has 0 radical (unpaired) electrons. The molecule has 0 aromatic carbocycles. The lowest BCUT2D eigenvalue weighted by atomic mass is 10.2. The Morgan fingerprint density at radius 3 is 2.82 bits per heavy atom. The zero-order valence-electron chi connectivity index (χ0n) is 10.6. The maximum atomic E-state index is 11.0. The first-order valence-corrected chi connectivity index (χ1v) is 5.79. The van der Waals surface area contributed by atoms with Gasteiger partial charge in [0.1, 0.15) is 5.82 Å². The second kappa shape index (κ2) is 6.08. The third-order valence-electron chi connectivity index (χ3n) is 2.38. The Kier molecular flexibility index (Phi) is 4.75. The van der Waals surface area contributed by atoms with E-state index in [0.29, 0.717) is 0 Å². The zero-order chi connectivity index (χ0) is 12.8. The standard InChI is InChI=1S/C12H20N4O/c1-4-14-12-7-10(5-6-15-12)16(9(2)3)8-11(13)17/h5-7,9H,4,8H2,1-3H3,(H2,13,17)(H,14,15). The lowest BCUT2D eigenvalue weighted by Crippen LogP contribution is -2.38. The van der Waals surface area contributed by atoms with E-state index in [4.69, 9.17) is 5.73 Å². The topological polar surface area (TPSA) is 71.2 Å². The Morgan fingerprint density at radius 1 is 1.59 bits per heavy atom. The second-order valence-corrected chi connectivity index (χ2v) is 4.12. The first-order chi connectivity index (χ1) is 8.04. The summed E-state index contributed by atoms with van der Waals surface area (Å²) < 4.78 is 0. The normalized spacial score (nSPS) is 10.4. The van der Waals surface area contributed by atoms with Gasteiger partial charge < -0.3 is 16.0 Å². The summed E-state index contributed by atoms with van der Waals surface area (Å²) in [6.07, 6.45) is 1.73. The van der Waals surface area contributed by atoms with E-state index in [1.54, 1.807) is 6.20 Å². The minimum atomic E-state index is -0.333. The van der Waals surface area contributed by atoms with Crippen molar-refractivity contribution < 1.29 is 4.79 Å². The van der Waals surface area contributed by atoms with Gasteiger partial charge in [0, 0.05) is 30.5 Å². The second-order valence-electron chi connectivity index (χ2n) is 4.12. The number of hydrogen-bond donors (Lipinski definition) is 2. The molecule has 3 N–H and O–H groups in total. The summed E-state index contributed by atoms with van der Waals surface area (Å²) in [5.74, 6) is 0.473. The first-order valence-electron chi connectivity index (χ1n) is 5.79. The Balaban J connectivity index is 2.93. The molecule has 1 amide bonds. The van der Waals surface area contributed by atoms with Crippen LogP contribution in [0.3, 0.4) is 0 Å². The summed E-state index contributed by atoms with van der Waals surface area (Å²) in [5, 5.41) is 3.14. The van der Waals surface area contributed by atoms with Crippen molar-refractivity contribution in [3.05, 3.63) is 18.3 Å². The van der Waals surface area contributed by atoms with E-state index in [-0.39, 0.29) is 18.5 Å². The van der Waals surface area contributed by atoms with Crippen LogP contribution < -0.4 is 16.0 Å². The number of aromatic nitrogens is 1. The molecule has 0 atom stereocenters. The van der Waals surface area contributed by atoms with Gasteiger partial charge in [-0.15, -0.1) is 0 Å². The van der Waals surface area contributed by atoms with Gasteiger partial charge in [-0.1, -0.05) is 0 Å². The number of rotatable bonds is 6. The predicted molar refractivity (Wildman–Crippen MR) is 70.1 cm³/mol. The molecule has 94 valence electrons. The van der Waals surface area contributed by atoms with E-state index >= 15 is 0 Å². The average Bonchev–Trinajstić information content (AvgIpc) is 2.26. The van der Waals surface area contributed by atoms with Crippen molar-refractivity contribution in [1.82, 2.24) is 4.98 Å². The molecule has 0 aliphatic heterocycles. The van der Waals surface area contributed by atoms with Crippen LogP contribution in [-0.4, -0.2) is 30.0 Å². The molecule has 5 heteroatoms. The SMILES string of the molecule is CCNc1cc(N(CC(N)=O)C(C)C)ccn1. The molecule has 0 bridgehead atoms. The Labute approximate surface area is 102 Å². The third-order valence-corrected chi connectivity index (χ3v) is 2.38. The number of nitrogens with zero attached hydrogens (tertiary/aromatic N) is 2. The fourth-order valence-electron chi connectivity index (χ4n) is 1.62. The highest BCUT2D eigenvalue weighted by atomic mass is 16.1. The van der Waals surface area contributed by atoms with Crippen LogP contribution in [0.5, 0.6) is 0 Å². The van der Waals surface area contributed by atoms with Gasteiger partial charge in [0.15, 0.2) is 0 Å². The summed E-state index contributed by atoms with van der Waals surface area (Å²) in [6, 6.07) is 4.01. The Hall–Kier alpha value is -1.78. The summed E-state index contributed by atoms with van der Waals surface area (Å²) in [5.41, 5.74) is 6.20. The highest BCUT2D eigenvalue weighted by Gasteiger charge is 2.13. The van der Waals surface area contributed by atoms with Gasteiger partial charge >= 0.3 is 0 Å². The molecule has 17 heavy (non-hydrogen) atoms. The molecule has 0 fully saturated rings. The van der Waals surface area contributed by atoms with Gasteiger partial charge in [-0.2, -0.15) is 0 Å². The third kappa shape index (κ3) is 3.94. The van der Waals surface area contributed by atoms with Gasteiger partial charge in [-0.25, -0.2) is 4.98 Å². The first kappa shape index (κ1) is 13.3. The number of hydrogen-bond acceptors (Lipinski definition) is 4. The quantitative estimate of drug-likeness (QED) is 0.779. The minimum absolute atomic E-state index is 0.208. The number of carbonyl (C=O) groups is 1. The molecule has 1 aromatic rings. The molecule has 0 aliphatic carbocycles. The largest absolute Gasteiger partial charge is 0.370 e. The molecule has 0 saturated carbocycles. The van der Waals surface area contributed by atoms with Crippen LogP contribution in [0.2, 0.25) is 0 Å². The summed E-state index contributed by atoms with van der Waals surface area (Å²) in [7, 11) is 0. The van der Waals surface area contributed by atoms with Crippen molar-refractivity contribution in [2.24, 2.45) is 5.73 Å². The number of nitrogens with two attached hydrogens (primary N) is 1. The van der Waals surface area contributed by atoms with E-state index in [9.17, 15) is 4.79 Å². The number of primary amides is 1. The number of anilines is 2. The van der Waals surface area contributed by atoms with Crippen molar-refractivity contribution >= 4 is 17.4 Å². The van der Waals surface area contributed by atoms with Crippen molar-refractivity contribution in [3.63, 3.8) is 0 Å². The van der Waals surface area contributed by atoms with Gasteiger partial charge in [-0.3, -0.25) is 4.79 Å². The van der Waals surface area contributed by atoms with E-state index in [2.05, 4.69) is 10.3 Å². The van der Waals surface area contributed by atoms with Crippen molar-refractivity contribution in [2.45, 2.75) is 26.8 Å². The molecule has 0 saturated heterocycles. The average molecular weight is 236 g/mol. The van der Waals surface area contributed by atoms with Crippen molar-refractivity contribution in [1.29, 1.82) is 0 Å². The van der Waals surface area contributed by atoms with Gasteiger partial charge in [-0.05, 0) is 26.8 Å². The number of carbonyl (C=O) groups excluding carboxylic acids is 1. The molecule has 0 aliphatic rings. The molecule has 1 aromatic heterocycles. The van der Waals surface area contributed by atoms with Crippen LogP contribution in [-0.2, 0) is 4.79 Å². The van der Waals surface area contributed by atoms with Crippen LogP contribution in [0.1, 0.15) is 20.8 Å². The van der Waals surface area contributed by atoms with Gasteiger partial charge in [0.25, 0.3) is 0 Å². The van der Waals surface area contributed by atoms with Gasteiger partial charge in [0.05, 0.1) is 6.54 Å². The van der Waals surface area contributed by atoms with Gasteiger partial charge in [0.2, 0.25) is 5.91 Å². The Bertz CT molecular complexity index is 379. The maximum absolute atomic E-state index is 11.0. The van der Waals surface area contributed by atoms with Crippen molar-refractivity contribution in [3.8, 4) is 0 Å². The summed E-state index contributed by atoms with van der Waals surface area (Å²) in [6.45, 7) is 7.09. The summed E-state index contributed by atoms with van der Waals surface area (Å²) in [4.78, 5) is 17.2. The number of amides is 1. The molecule has 0 spiro atoms. The smallest absolute Gasteiger partial charge is 0.236 e. The maximum Gasteiger partial charge on any atom is 0.236 e. The molecular formula is C12H20N4O. The lowest BCUT2D eigenvalue weighted by molar-refractivity contribution is -0.116. The Morgan fingerprint density at radius 2 is 2.29 bits per heavy atom. The van der Waals surface area contributed by atoms with Crippen LogP contribution in [0.15, 0.2) is 18.3 Å². The fraction of sp³-hybridized carbons (Fsp3) is 0.500. The minimum Gasteiger partial charge on any atom is -0.370 e. The van der Waals surface area contributed by atoms with E-state index in [1.165, 1.54) is 0 Å². The van der Waals surface area contributed by atoms with Crippen molar-refractivity contribution in [2.75, 3.05) is 23.3 Å². The van der Waals surface area contributed by atoms with E-state index in [0.717, 1.165) is 18.1 Å². The lowest BCUT2D eigenvalue weighted by Gasteiger charge is -2.27. The fourth-order valence-corrected chi connectivity index (χ4v) is 1.62. The number of nitrogens with one attached hydrogen (secondary N) is 1. The van der Waals surface area contributed by atoms with E-state index < -0.39 is 0 Å². The predicted octanol–water partition coefficient (Wildman–Crippen LogP) is 1.21. The molecule has 0 unspecified atom stereocenters. The highest BCUT2D eigenvalue weighted by Crippen LogP contribution is 2.19.